The van der Waals surface area contributed by atoms with Crippen molar-refractivity contribution in [2.24, 2.45) is 0 Å². The summed E-state index contributed by atoms with van der Waals surface area (Å²) in [6.45, 7) is 6.42. The van der Waals surface area contributed by atoms with Gasteiger partial charge in [-0.25, -0.2) is 0 Å². The molecule has 3 heteroatoms. The summed E-state index contributed by atoms with van der Waals surface area (Å²) in [6, 6.07) is 22.8. The van der Waals surface area contributed by atoms with E-state index in [2.05, 4.69) is 96.3 Å². The molecule has 4 aromatic rings. The zero-order chi connectivity index (χ0) is 19.8. The maximum absolute atomic E-state index is 4.44. The number of aryl methyl sites for hydroxylation is 1. The Labute approximate surface area is 171 Å². The van der Waals surface area contributed by atoms with Crippen LogP contribution in [0.25, 0.3) is 23.4 Å². The fourth-order valence-electron chi connectivity index (χ4n) is 2.70. The van der Waals surface area contributed by atoms with Gasteiger partial charge in [-0.15, -0.1) is 0 Å². The van der Waals surface area contributed by atoms with Crippen molar-refractivity contribution >= 4 is 23.5 Å². The summed E-state index contributed by atoms with van der Waals surface area (Å²) in [4.78, 5) is 0. The van der Waals surface area contributed by atoms with E-state index in [1.807, 2.05) is 24.3 Å². The number of nitrogens with one attached hydrogen (secondary N) is 1. The highest BCUT2D eigenvalue weighted by Gasteiger charge is 2.10. The van der Waals surface area contributed by atoms with Crippen molar-refractivity contribution in [1.29, 1.82) is 0 Å². The van der Waals surface area contributed by atoms with E-state index >= 15 is 0 Å². The molecule has 0 atom stereocenters. The van der Waals surface area contributed by atoms with Crippen molar-refractivity contribution in [3.05, 3.63) is 99.9 Å². The van der Waals surface area contributed by atoms with Gasteiger partial charge in [-0.2, -0.15) is 16.4 Å². The van der Waals surface area contributed by atoms with Crippen molar-refractivity contribution in [3.8, 4) is 11.3 Å². The summed E-state index contributed by atoms with van der Waals surface area (Å²) in [5.74, 6) is 0.466. The SMILES string of the molecule is CC(C)c1cc(-c2cscc2/C=C/c2ccccc2)n[nH]1.Cc1ccccc1. The Balaban J connectivity index is 0.000000271. The summed E-state index contributed by atoms with van der Waals surface area (Å²) in [5, 5.41) is 11.9. The number of aromatic nitrogens is 2. The third-order valence-corrected chi connectivity index (χ3v) is 5.14. The van der Waals surface area contributed by atoms with Gasteiger partial charge in [0.1, 0.15) is 0 Å². The average Bonchev–Trinajstić information content (AvgIpc) is 3.37. The minimum atomic E-state index is 0.466. The third-order valence-electron chi connectivity index (χ3n) is 4.38. The first-order chi connectivity index (χ1) is 13.6. The van der Waals surface area contributed by atoms with Crippen molar-refractivity contribution in [2.75, 3.05) is 0 Å². The highest BCUT2D eigenvalue weighted by molar-refractivity contribution is 7.08. The van der Waals surface area contributed by atoms with Crippen LogP contribution in [-0.4, -0.2) is 10.2 Å². The standard InChI is InChI=1S/C18H18N2S.C7H8/c1-13(2)17-10-18(20-19-17)16-12-21-11-15(16)9-8-14-6-4-3-5-7-14;1-7-5-3-2-4-6-7/h3-13H,1-2H3,(H,19,20);2-6H,1H3/b9-8+;. The smallest absolute Gasteiger partial charge is 0.0938 e. The molecule has 0 radical (unpaired) electrons. The lowest BCUT2D eigenvalue weighted by atomic mass is 10.1. The van der Waals surface area contributed by atoms with E-state index in [1.54, 1.807) is 11.3 Å². The summed E-state index contributed by atoms with van der Waals surface area (Å²) in [7, 11) is 0. The van der Waals surface area contributed by atoms with Gasteiger partial charge in [0.15, 0.2) is 0 Å². The van der Waals surface area contributed by atoms with Crippen LogP contribution in [0.5, 0.6) is 0 Å². The largest absolute Gasteiger partial charge is 0.282 e. The van der Waals surface area contributed by atoms with Gasteiger partial charge in [0, 0.05) is 16.6 Å². The fraction of sp³-hybridized carbons (Fsp3) is 0.160. The number of thiophene rings is 1. The third kappa shape index (κ3) is 5.54. The van der Waals surface area contributed by atoms with Crippen LogP contribution >= 0.6 is 11.3 Å². The van der Waals surface area contributed by atoms with E-state index in [0.717, 1.165) is 5.69 Å². The molecule has 0 spiro atoms. The van der Waals surface area contributed by atoms with Gasteiger partial charge in [0.25, 0.3) is 0 Å². The van der Waals surface area contributed by atoms with Gasteiger partial charge in [-0.05, 0) is 35.4 Å². The number of nitrogens with zero attached hydrogens (tertiary/aromatic N) is 1. The van der Waals surface area contributed by atoms with Crippen LogP contribution in [-0.2, 0) is 0 Å². The minimum absolute atomic E-state index is 0.466. The Hall–Kier alpha value is -2.91. The lowest BCUT2D eigenvalue weighted by Gasteiger charge is -1.97. The Morgan fingerprint density at radius 2 is 1.57 bits per heavy atom. The average molecular weight is 387 g/mol. The Bertz CT molecular complexity index is 995. The molecule has 2 aromatic heterocycles. The van der Waals surface area contributed by atoms with E-state index in [0.29, 0.717) is 5.92 Å². The molecule has 1 N–H and O–H groups in total. The lowest BCUT2D eigenvalue weighted by Crippen LogP contribution is -1.85. The molecule has 142 valence electrons. The van der Waals surface area contributed by atoms with E-state index in [9.17, 15) is 0 Å². The molecule has 0 saturated carbocycles. The fourth-order valence-corrected chi connectivity index (χ4v) is 3.51. The molecule has 0 bridgehead atoms. The molecule has 4 rings (SSSR count). The maximum Gasteiger partial charge on any atom is 0.0938 e. The number of aromatic amines is 1. The maximum atomic E-state index is 4.44. The van der Waals surface area contributed by atoms with Crippen LogP contribution in [0.2, 0.25) is 0 Å². The van der Waals surface area contributed by atoms with Gasteiger partial charge >= 0.3 is 0 Å². The topological polar surface area (TPSA) is 28.7 Å². The summed E-state index contributed by atoms with van der Waals surface area (Å²) in [6.07, 6.45) is 4.30. The molecule has 0 aliphatic heterocycles. The van der Waals surface area contributed by atoms with E-state index in [4.69, 9.17) is 0 Å². The minimum Gasteiger partial charge on any atom is -0.282 e. The van der Waals surface area contributed by atoms with Crippen LogP contribution in [0.3, 0.4) is 0 Å². The van der Waals surface area contributed by atoms with Gasteiger partial charge in [-0.1, -0.05) is 92.2 Å². The van der Waals surface area contributed by atoms with Crippen molar-refractivity contribution in [2.45, 2.75) is 26.7 Å². The molecule has 28 heavy (non-hydrogen) atoms. The van der Waals surface area contributed by atoms with Crippen molar-refractivity contribution < 1.29 is 0 Å². The zero-order valence-corrected chi connectivity index (χ0v) is 17.4. The first-order valence-electron chi connectivity index (χ1n) is 9.50. The number of rotatable bonds is 4. The van der Waals surface area contributed by atoms with Gasteiger partial charge in [0.05, 0.1) is 5.69 Å². The second-order valence-corrected chi connectivity index (χ2v) is 7.75. The molecule has 2 nitrogen and oxygen atoms in total. The summed E-state index contributed by atoms with van der Waals surface area (Å²) < 4.78 is 0. The van der Waals surface area contributed by atoms with Gasteiger partial charge in [-0.3, -0.25) is 5.10 Å². The molecular formula is C25H26N2S. The normalized spacial score (nSPS) is 10.9. The highest BCUT2D eigenvalue weighted by Crippen LogP contribution is 2.29. The molecule has 0 saturated heterocycles. The predicted octanol–water partition coefficient (Wildman–Crippen LogP) is 7.43. The second-order valence-electron chi connectivity index (χ2n) is 7.00. The molecule has 2 aromatic carbocycles. The lowest BCUT2D eigenvalue weighted by molar-refractivity contribution is 0.811. The number of benzene rings is 2. The molecule has 2 heterocycles. The monoisotopic (exact) mass is 386 g/mol. The van der Waals surface area contributed by atoms with E-state index in [1.165, 1.54) is 27.9 Å². The molecule has 0 aliphatic rings. The first-order valence-corrected chi connectivity index (χ1v) is 10.4. The Kier molecular flexibility index (Phi) is 6.99. The molecule has 0 fully saturated rings. The van der Waals surface area contributed by atoms with Crippen molar-refractivity contribution in [1.82, 2.24) is 10.2 Å². The number of hydrogen-bond donors (Lipinski definition) is 1. The highest BCUT2D eigenvalue weighted by atomic mass is 32.1. The van der Waals surface area contributed by atoms with Crippen LogP contribution in [0.4, 0.5) is 0 Å². The Morgan fingerprint density at radius 3 is 2.14 bits per heavy atom. The van der Waals surface area contributed by atoms with Crippen LogP contribution in [0.15, 0.2) is 77.5 Å². The number of hydrogen-bond acceptors (Lipinski definition) is 2. The van der Waals surface area contributed by atoms with Crippen molar-refractivity contribution in [3.63, 3.8) is 0 Å². The van der Waals surface area contributed by atoms with Crippen LogP contribution in [0, 0.1) is 6.92 Å². The molecule has 0 unspecified atom stereocenters. The second kappa shape index (κ2) is 9.86. The van der Waals surface area contributed by atoms with E-state index in [-0.39, 0.29) is 0 Å². The molecule has 0 amide bonds. The summed E-state index contributed by atoms with van der Waals surface area (Å²) in [5.41, 5.74) is 7.13. The quantitative estimate of drug-likeness (QED) is 0.388. The first kappa shape index (κ1) is 19.8. The molecule has 0 aliphatic carbocycles. The number of H-pyrrole nitrogens is 1. The van der Waals surface area contributed by atoms with Crippen LogP contribution < -0.4 is 0 Å². The van der Waals surface area contributed by atoms with Crippen LogP contribution in [0.1, 0.15) is 42.1 Å². The van der Waals surface area contributed by atoms with Gasteiger partial charge in [0.2, 0.25) is 0 Å². The van der Waals surface area contributed by atoms with E-state index < -0.39 is 0 Å². The zero-order valence-electron chi connectivity index (χ0n) is 16.6. The molecular weight excluding hydrogens is 360 g/mol. The Morgan fingerprint density at radius 1 is 0.893 bits per heavy atom. The van der Waals surface area contributed by atoms with Gasteiger partial charge < -0.3 is 0 Å². The predicted molar refractivity (Wildman–Crippen MR) is 123 cm³/mol. The summed E-state index contributed by atoms with van der Waals surface area (Å²) >= 11 is 1.71.